The number of piperidine rings is 1. The van der Waals surface area contributed by atoms with Crippen LogP contribution in [-0.4, -0.2) is 29.0 Å². The molecule has 0 saturated carbocycles. The minimum absolute atomic E-state index is 0.0245. The molecular formula is C14H20N4OS. The fraction of sp³-hybridized carbons (Fsp3) is 0.500. The number of carbonyl (C=O) groups is 1. The molecule has 6 heteroatoms. The lowest BCUT2D eigenvalue weighted by atomic mass is 9.95. The van der Waals surface area contributed by atoms with Crippen molar-refractivity contribution in [2.75, 3.05) is 18.0 Å². The summed E-state index contributed by atoms with van der Waals surface area (Å²) in [4.78, 5) is 18.2. The maximum absolute atomic E-state index is 11.2. The molecule has 1 fully saturated rings. The van der Waals surface area contributed by atoms with Crippen LogP contribution in [0.2, 0.25) is 0 Å². The summed E-state index contributed by atoms with van der Waals surface area (Å²) in [7, 11) is 0. The number of amides is 1. The van der Waals surface area contributed by atoms with Crippen LogP contribution in [0, 0.1) is 19.8 Å². The Morgan fingerprint density at radius 2 is 1.95 bits per heavy atom. The van der Waals surface area contributed by atoms with Gasteiger partial charge in [-0.25, -0.2) is 0 Å². The molecule has 5 nitrogen and oxygen atoms in total. The van der Waals surface area contributed by atoms with Gasteiger partial charge >= 0.3 is 0 Å². The first-order valence-electron chi connectivity index (χ1n) is 6.72. The van der Waals surface area contributed by atoms with E-state index in [1.54, 1.807) is 0 Å². The monoisotopic (exact) mass is 292 g/mol. The number of anilines is 1. The van der Waals surface area contributed by atoms with Crippen molar-refractivity contribution in [3.8, 4) is 0 Å². The van der Waals surface area contributed by atoms with E-state index in [1.165, 1.54) is 0 Å². The van der Waals surface area contributed by atoms with Crippen molar-refractivity contribution in [1.82, 2.24) is 4.98 Å². The lowest BCUT2D eigenvalue weighted by Crippen LogP contribution is -2.39. The number of carbonyl (C=O) groups excluding carboxylic acids is 1. The topological polar surface area (TPSA) is 85.2 Å². The fourth-order valence-electron chi connectivity index (χ4n) is 2.77. The molecule has 0 atom stereocenters. The molecule has 1 aliphatic rings. The number of hydrogen-bond acceptors (Lipinski definition) is 4. The number of nitrogens with two attached hydrogens (primary N) is 2. The molecule has 1 aliphatic heterocycles. The third kappa shape index (κ3) is 2.90. The van der Waals surface area contributed by atoms with Gasteiger partial charge in [0.2, 0.25) is 5.91 Å². The first kappa shape index (κ1) is 14.7. The third-order valence-corrected chi connectivity index (χ3v) is 4.00. The van der Waals surface area contributed by atoms with Gasteiger partial charge in [-0.1, -0.05) is 12.2 Å². The van der Waals surface area contributed by atoms with Gasteiger partial charge in [0.05, 0.1) is 11.3 Å². The number of hydrogen-bond donors (Lipinski definition) is 2. The van der Waals surface area contributed by atoms with Crippen LogP contribution in [0.5, 0.6) is 0 Å². The minimum atomic E-state index is -0.207. The molecule has 0 spiro atoms. The first-order chi connectivity index (χ1) is 9.40. The predicted octanol–water partition coefficient (Wildman–Crippen LogP) is 1.03. The largest absolute Gasteiger partial charge is 0.389 e. The number of aromatic nitrogens is 1. The van der Waals surface area contributed by atoms with E-state index in [9.17, 15) is 4.79 Å². The second-order valence-electron chi connectivity index (χ2n) is 5.27. The molecule has 2 rings (SSSR count). The van der Waals surface area contributed by atoms with Crippen LogP contribution >= 0.6 is 12.2 Å². The second-order valence-corrected chi connectivity index (χ2v) is 5.71. The Morgan fingerprint density at radius 3 is 2.45 bits per heavy atom. The quantitative estimate of drug-likeness (QED) is 0.813. The molecule has 0 bridgehead atoms. The number of thiocarbonyl (C=S) groups is 1. The lowest BCUT2D eigenvalue weighted by Gasteiger charge is -2.34. The molecule has 0 unspecified atom stereocenters. The molecule has 0 aromatic carbocycles. The van der Waals surface area contributed by atoms with Gasteiger partial charge in [0.25, 0.3) is 0 Å². The van der Waals surface area contributed by atoms with E-state index in [4.69, 9.17) is 23.7 Å². The second kappa shape index (κ2) is 5.75. The lowest BCUT2D eigenvalue weighted by molar-refractivity contribution is -0.122. The summed E-state index contributed by atoms with van der Waals surface area (Å²) in [5.74, 6) is -0.232. The van der Waals surface area contributed by atoms with Gasteiger partial charge in [0.15, 0.2) is 0 Å². The summed E-state index contributed by atoms with van der Waals surface area (Å²) in [6.45, 7) is 5.44. The number of pyridine rings is 1. The van der Waals surface area contributed by atoms with Crippen LogP contribution < -0.4 is 16.4 Å². The highest BCUT2D eigenvalue weighted by molar-refractivity contribution is 7.80. The van der Waals surface area contributed by atoms with Gasteiger partial charge in [-0.3, -0.25) is 9.78 Å². The molecule has 1 aromatic rings. The third-order valence-electron chi connectivity index (χ3n) is 3.79. The van der Waals surface area contributed by atoms with Crippen LogP contribution in [-0.2, 0) is 4.79 Å². The van der Waals surface area contributed by atoms with E-state index in [0.717, 1.165) is 48.6 Å². The van der Waals surface area contributed by atoms with Gasteiger partial charge in [0.1, 0.15) is 4.99 Å². The molecule has 0 radical (unpaired) electrons. The highest BCUT2D eigenvalue weighted by atomic mass is 32.1. The maximum atomic E-state index is 11.2. The summed E-state index contributed by atoms with van der Waals surface area (Å²) in [6, 6.07) is 2.01. The molecule has 1 saturated heterocycles. The first-order valence-corrected chi connectivity index (χ1v) is 7.13. The van der Waals surface area contributed by atoms with Gasteiger partial charge in [-0.2, -0.15) is 0 Å². The number of nitrogens with zero attached hydrogens (tertiary/aromatic N) is 2. The van der Waals surface area contributed by atoms with E-state index in [0.29, 0.717) is 4.99 Å². The highest BCUT2D eigenvalue weighted by Crippen LogP contribution is 2.28. The summed E-state index contributed by atoms with van der Waals surface area (Å²) < 4.78 is 0. The van der Waals surface area contributed by atoms with Crippen molar-refractivity contribution in [3.63, 3.8) is 0 Å². The van der Waals surface area contributed by atoms with Crippen LogP contribution in [0.15, 0.2) is 6.07 Å². The zero-order chi connectivity index (χ0) is 14.9. The van der Waals surface area contributed by atoms with Gasteiger partial charge in [0, 0.05) is 30.4 Å². The minimum Gasteiger partial charge on any atom is -0.389 e. The molecule has 108 valence electrons. The Morgan fingerprint density at radius 1 is 1.35 bits per heavy atom. The van der Waals surface area contributed by atoms with Crippen LogP contribution in [0.4, 0.5) is 5.69 Å². The molecule has 2 heterocycles. The standard InChI is InChI=1S/C14H20N4OS/c1-8-7-11(12(14(16)20)9(2)17-8)18-5-3-10(4-6-18)13(15)19/h7,10H,3-6H2,1-2H3,(H2,15,19)(H2,16,20). The normalized spacial score (nSPS) is 16.2. The Labute approximate surface area is 124 Å². The van der Waals surface area contributed by atoms with Crippen molar-refractivity contribution in [3.05, 3.63) is 23.0 Å². The van der Waals surface area contributed by atoms with Crippen LogP contribution in [0.1, 0.15) is 29.8 Å². The van der Waals surface area contributed by atoms with Gasteiger partial charge in [-0.15, -0.1) is 0 Å². The summed E-state index contributed by atoms with van der Waals surface area (Å²) >= 11 is 5.15. The molecule has 1 amide bonds. The SMILES string of the molecule is Cc1cc(N2CCC(C(N)=O)CC2)c(C(N)=S)c(C)n1. The fourth-order valence-corrected chi connectivity index (χ4v) is 3.02. The van der Waals surface area contributed by atoms with E-state index in [1.807, 2.05) is 19.9 Å². The van der Waals surface area contributed by atoms with Crippen molar-refractivity contribution in [2.45, 2.75) is 26.7 Å². The molecule has 4 N–H and O–H groups in total. The van der Waals surface area contributed by atoms with E-state index in [2.05, 4.69) is 9.88 Å². The van der Waals surface area contributed by atoms with Gasteiger partial charge in [-0.05, 0) is 32.8 Å². The Kier molecular flexibility index (Phi) is 4.23. The predicted molar refractivity (Wildman–Crippen MR) is 83.7 cm³/mol. The molecular weight excluding hydrogens is 272 g/mol. The Balaban J connectivity index is 2.30. The van der Waals surface area contributed by atoms with E-state index < -0.39 is 0 Å². The molecule has 0 aliphatic carbocycles. The van der Waals surface area contributed by atoms with Crippen LogP contribution in [0.25, 0.3) is 0 Å². The van der Waals surface area contributed by atoms with Crippen molar-refractivity contribution < 1.29 is 4.79 Å². The van der Waals surface area contributed by atoms with Crippen molar-refractivity contribution >= 4 is 28.8 Å². The van der Waals surface area contributed by atoms with Crippen molar-refractivity contribution in [1.29, 1.82) is 0 Å². The molecule has 20 heavy (non-hydrogen) atoms. The Bertz CT molecular complexity index is 550. The number of primary amides is 1. The number of aryl methyl sites for hydroxylation is 2. The van der Waals surface area contributed by atoms with Gasteiger partial charge < -0.3 is 16.4 Å². The zero-order valence-electron chi connectivity index (χ0n) is 11.8. The highest BCUT2D eigenvalue weighted by Gasteiger charge is 2.25. The summed E-state index contributed by atoms with van der Waals surface area (Å²) in [6.07, 6.45) is 1.54. The van der Waals surface area contributed by atoms with Crippen molar-refractivity contribution in [2.24, 2.45) is 17.4 Å². The summed E-state index contributed by atoms with van der Waals surface area (Å²) in [5, 5.41) is 0. The molecule has 1 aromatic heterocycles. The Hall–Kier alpha value is -1.69. The summed E-state index contributed by atoms with van der Waals surface area (Å²) in [5.41, 5.74) is 14.9. The average Bonchev–Trinajstić information content (AvgIpc) is 2.37. The van der Waals surface area contributed by atoms with E-state index >= 15 is 0 Å². The smallest absolute Gasteiger partial charge is 0.220 e. The van der Waals surface area contributed by atoms with E-state index in [-0.39, 0.29) is 11.8 Å². The van der Waals surface area contributed by atoms with Crippen LogP contribution in [0.3, 0.4) is 0 Å². The number of rotatable bonds is 3. The maximum Gasteiger partial charge on any atom is 0.220 e. The zero-order valence-corrected chi connectivity index (χ0v) is 12.7. The average molecular weight is 292 g/mol.